The van der Waals surface area contributed by atoms with E-state index in [4.69, 9.17) is 5.73 Å². The van der Waals surface area contributed by atoms with Gasteiger partial charge in [-0.2, -0.15) is 0 Å². The van der Waals surface area contributed by atoms with E-state index in [-0.39, 0.29) is 6.04 Å². The third kappa shape index (κ3) is 2.41. The second kappa shape index (κ2) is 5.26. The number of para-hydroxylation sites is 1. The van der Waals surface area contributed by atoms with E-state index in [1.54, 1.807) is 12.4 Å². The lowest BCUT2D eigenvalue weighted by Crippen LogP contribution is -2.14. The smallest absolute Gasteiger partial charge is 0.0937 e. The Bertz CT molecular complexity index is 803. The van der Waals surface area contributed by atoms with Gasteiger partial charge < -0.3 is 5.73 Å². The second-order valence-electron chi connectivity index (χ2n) is 5.54. The van der Waals surface area contributed by atoms with Gasteiger partial charge in [0.2, 0.25) is 0 Å². The number of aromatic nitrogens is 2. The molecule has 0 saturated heterocycles. The van der Waals surface area contributed by atoms with Crippen molar-refractivity contribution in [1.82, 2.24) is 9.97 Å². The van der Waals surface area contributed by atoms with Gasteiger partial charge in [0, 0.05) is 18.0 Å². The molecular formula is C18H19N3. The Morgan fingerprint density at radius 2 is 1.57 bits per heavy atom. The topological polar surface area (TPSA) is 51.8 Å². The molecule has 1 unspecified atom stereocenters. The lowest BCUT2D eigenvalue weighted by atomic mass is 9.91. The highest BCUT2D eigenvalue weighted by atomic mass is 14.8. The molecule has 0 bridgehead atoms. The fraction of sp³-hybridized carbons (Fsp3) is 0.222. The third-order valence-corrected chi connectivity index (χ3v) is 4.08. The number of fused-ring (bicyclic) bond motifs is 1. The Morgan fingerprint density at radius 1 is 0.857 bits per heavy atom. The van der Waals surface area contributed by atoms with Gasteiger partial charge >= 0.3 is 0 Å². The van der Waals surface area contributed by atoms with Crippen LogP contribution in [0.2, 0.25) is 0 Å². The van der Waals surface area contributed by atoms with Crippen molar-refractivity contribution < 1.29 is 0 Å². The van der Waals surface area contributed by atoms with Gasteiger partial charge in [-0.15, -0.1) is 0 Å². The Labute approximate surface area is 124 Å². The Balaban J connectivity index is 2.17. The molecule has 3 heteroatoms. The molecule has 0 saturated carbocycles. The van der Waals surface area contributed by atoms with Crippen molar-refractivity contribution in [1.29, 1.82) is 0 Å². The third-order valence-electron chi connectivity index (χ3n) is 4.08. The monoisotopic (exact) mass is 277 g/mol. The average molecular weight is 277 g/mol. The fourth-order valence-corrected chi connectivity index (χ4v) is 2.75. The van der Waals surface area contributed by atoms with E-state index in [1.807, 2.05) is 18.2 Å². The zero-order valence-corrected chi connectivity index (χ0v) is 12.6. The number of benzene rings is 2. The summed E-state index contributed by atoms with van der Waals surface area (Å²) in [5.74, 6) is 0. The Morgan fingerprint density at radius 3 is 2.38 bits per heavy atom. The van der Waals surface area contributed by atoms with Crippen molar-refractivity contribution in [3.63, 3.8) is 0 Å². The molecule has 0 aliphatic carbocycles. The van der Waals surface area contributed by atoms with Crippen LogP contribution >= 0.6 is 0 Å². The predicted molar refractivity (Wildman–Crippen MR) is 86.2 cm³/mol. The molecular weight excluding hydrogens is 258 g/mol. The number of hydrogen-bond acceptors (Lipinski definition) is 3. The Kier molecular flexibility index (Phi) is 3.43. The van der Waals surface area contributed by atoms with Gasteiger partial charge in [0.25, 0.3) is 0 Å². The van der Waals surface area contributed by atoms with Gasteiger partial charge in [0.15, 0.2) is 0 Å². The van der Waals surface area contributed by atoms with E-state index >= 15 is 0 Å². The molecule has 0 spiro atoms. The zero-order valence-electron chi connectivity index (χ0n) is 12.6. The molecule has 1 aromatic heterocycles. The highest BCUT2D eigenvalue weighted by molar-refractivity contribution is 5.78. The fourth-order valence-electron chi connectivity index (χ4n) is 2.75. The molecule has 106 valence electrons. The molecule has 1 heterocycles. The molecule has 0 fully saturated rings. The minimum Gasteiger partial charge on any atom is -0.320 e. The van der Waals surface area contributed by atoms with E-state index in [9.17, 15) is 0 Å². The molecule has 3 nitrogen and oxygen atoms in total. The standard InChI is InChI=1S/C18H19N3/c1-11-9-13(3)15(10-12(11)2)17(19)14-5-4-6-16-18(14)21-8-7-20-16/h4-10,17H,19H2,1-3H3. The summed E-state index contributed by atoms with van der Waals surface area (Å²) in [6, 6.07) is 10.2. The first-order valence-corrected chi connectivity index (χ1v) is 7.11. The van der Waals surface area contributed by atoms with Crippen LogP contribution in [0.15, 0.2) is 42.7 Å². The zero-order chi connectivity index (χ0) is 15.0. The molecule has 0 aliphatic heterocycles. The van der Waals surface area contributed by atoms with Crippen molar-refractivity contribution >= 4 is 11.0 Å². The van der Waals surface area contributed by atoms with Crippen molar-refractivity contribution in [2.45, 2.75) is 26.8 Å². The molecule has 3 rings (SSSR count). The van der Waals surface area contributed by atoms with Crippen LogP contribution in [0.5, 0.6) is 0 Å². The summed E-state index contributed by atoms with van der Waals surface area (Å²) in [5.41, 5.74) is 14.2. The van der Waals surface area contributed by atoms with Crippen LogP contribution < -0.4 is 5.73 Å². The van der Waals surface area contributed by atoms with Crippen LogP contribution in [-0.2, 0) is 0 Å². The van der Waals surface area contributed by atoms with Crippen LogP contribution in [0, 0.1) is 20.8 Å². The van der Waals surface area contributed by atoms with E-state index in [1.165, 1.54) is 16.7 Å². The number of nitrogens with zero attached hydrogens (tertiary/aromatic N) is 2. The van der Waals surface area contributed by atoms with Gasteiger partial charge in [-0.25, -0.2) is 0 Å². The van der Waals surface area contributed by atoms with Crippen LogP contribution in [0.4, 0.5) is 0 Å². The van der Waals surface area contributed by atoms with Gasteiger partial charge in [-0.05, 0) is 49.1 Å². The maximum absolute atomic E-state index is 6.53. The van der Waals surface area contributed by atoms with Gasteiger partial charge in [-0.1, -0.05) is 24.3 Å². The highest BCUT2D eigenvalue weighted by Gasteiger charge is 2.16. The summed E-state index contributed by atoms with van der Waals surface area (Å²) < 4.78 is 0. The quantitative estimate of drug-likeness (QED) is 0.778. The summed E-state index contributed by atoms with van der Waals surface area (Å²) in [7, 11) is 0. The average Bonchev–Trinajstić information content (AvgIpc) is 2.49. The Hall–Kier alpha value is -2.26. The molecule has 2 N–H and O–H groups in total. The number of hydrogen-bond donors (Lipinski definition) is 1. The van der Waals surface area contributed by atoms with Crippen molar-refractivity contribution in [2.75, 3.05) is 0 Å². The molecule has 2 aromatic carbocycles. The summed E-state index contributed by atoms with van der Waals surface area (Å²) in [4.78, 5) is 8.81. The number of rotatable bonds is 2. The molecule has 0 amide bonds. The van der Waals surface area contributed by atoms with E-state index in [0.717, 1.165) is 22.2 Å². The van der Waals surface area contributed by atoms with E-state index < -0.39 is 0 Å². The van der Waals surface area contributed by atoms with Crippen molar-refractivity contribution in [3.05, 3.63) is 70.5 Å². The maximum Gasteiger partial charge on any atom is 0.0937 e. The van der Waals surface area contributed by atoms with Crippen molar-refractivity contribution in [3.8, 4) is 0 Å². The lowest BCUT2D eigenvalue weighted by molar-refractivity contribution is 0.863. The first kappa shape index (κ1) is 13.7. The summed E-state index contributed by atoms with van der Waals surface area (Å²) in [5, 5.41) is 0. The second-order valence-corrected chi connectivity index (χ2v) is 5.54. The summed E-state index contributed by atoms with van der Waals surface area (Å²) >= 11 is 0. The summed E-state index contributed by atoms with van der Waals surface area (Å²) in [6.07, 6.45) is 3.42. The molecule has 21 heavy (non-hydrogen) atoms. The maximum atomic E-state index is 6.53. The number of nitrogens with two attached hydrogens (primary N) is 1. The molecule has 0 radical (unpaired) electrons. The van der Waals surface area contributed by atoms with Gasteiger partial charge in [0.1, 0.15) is 0 Å². The van der Waals surface area contributed by atoms with E-state index in [0.29, 0.717) is 0 Å². The van der Waals surface area contributed by atoms with Gasteiger partial charge in [0.05, 0.1) is 17.1 Å². The lowest BCUT2D eigenvalue weighted by Gasteiger charge is -2.18. The van der Waals surface area contributed by atoms with Crippen LogP contribution in [0.1, 0.15) is 33.9 Å². The molecule has 1 atom stereocenters. The minimum absolute atomic E-state index is 0.190. The highest BCUT2D eigenvalue weighted by Crippen LogP contribution is 2.28. The largest absolute Gasteiger partial charge is 0.320 e. The molecule has 3 aromatic rings. The van der Waals surface area contributed by atoms with Gasteiger partial charge in [-0.3, -0.25) is 9.97 Å². The van der Waals surface area contributed by atoms with Crippen molar-refractivity contribution in [2.24, 2.45) is 5.73 Å². The van der Waals surface area contributed by atoms with Crippen LogP contribution in [0.25, 0.3) is 11.0 Å². The van der Waals surface area contributed by atoms with Crippen LogP contribution in [-0.4, -0.2) is 9.97 Å². The predicted octanol–water partition coefficient (Wildman–Crippen LogP) is 3.60. The first-order valence-electron chi connectivity index (χ1n) is 7.11. The first-order chi connectivity index (χ1) is 10.1. The number of aryl methyl sites for hydroxylation is 3. The minimum atomic E-state index is -0.190. The normalized spacial score (nSPS) is 12.6. The summed E-state index contributed by atoms with van der Waals surface area (Å²) in [6.45, 7) is 6.35. The van der Waals surface area contributed by atoms with Crippen LogP contribution in [0.3, 0.4) is 0 Å². The molecule has 0 aliphatic rings. The van der Waals surface area contributed by atoms with E-state index in [2.05, 4.69) is 42.9 Å². The SMILES string of the molecule is Cc1cc(C)c(C(N)c2cccc3nccnc23)cc1C.